The van der Waals surface area contributed by atoms with E-state index < -0.39 is 67.7 Å². The largest absolute Gasteiger partial charge is 0.203 e. The monoisotopic (exact) mass is 478 g/mol. The summed E-state index contributed by atoms with van der Waals surface area (Å²) < 4.78 is 113. The van der Waals surface area contributed by atoms with Gasteiger partial charge in [-0.1, -0.05) is 36.9 Å². The fraction of sp³-hybridized carbons (Fsp3) is 0. The molecule has 0 unspecified atom stereocenters. The van der Waals surface area contributed by atoms with Crippen LogP contribution in [0.4, 0.5) is 35.1 Å². The maximum Gasteiger partial charge on any atom is 0.176 e. The van der Waals surface area contributed by atoms with Gasteiger partial charge < -0.3 is 0 Å². The molecule has 29 heavy (non-hydrogen) atoms. The Hall–Kier alpha value is -2.68. The molecule has 3 aromatic carbocycles. The van der Waals surface area contributed by atoms with Crippen molar-refractivity contribution in [2.24, 2.45) is 0 Å². The summed E-state index contributed by atoms with van der Waals surface area (Å²) in [7, 11) is 0. The fourth-order valence-electron chi connectivity index (χ4n) is 2.71. The van der Waals surface area contributed by atoms with Crippen LogP contribution in [0.5, 0.6) is 0 Å². The molecular weight excluding hydrogens is 472 g/mol. The summed E-state index contributed by atoms with van der Waals surface area (Å²) in [6, 6.07) is 4.97. The van der Waals surface area contributed by atoms with E-state index in [2.05, 4.69) is 22.5 Å². The predicted molar refractivity (Wildman–Crippen MR) is 94.8 cm³/mol. The minimum absolute atomic E-state index is 0.288. The van der Waals surface area contributed by atoms with E-state index >= 15 is 0 Å². The topological polar surface area (TPSA) is 0 Å². The van der Waals surface area contributed by atoms with Gasteiger partial charge in [0, 0.05) is 0 Å². The summed E-state index contributed by atoms with van der Waals surface area (Å²) in [4.78, 5) is 0. The lowest BCUT2D eigenvalue weighted by Gasteiger charge is -2.15. The van der Waals surface area contributed by atoms with Crippen LogP contribution in [-0.2, 0) is 0 Å². The van der Waals surface area contributed by atoms with E-state index in [4.69, 9.17) is 0 Å². The maximum absolute atomic E-state index is 14.6. The van der Waals surface area contributed by atoms with E-state index in [1.807, 2.05) is 0 Å². The van der Waals surface area contributed by atoms with Gasteiger partial charge in [0.15, 0.2) is 46.5 Å². The van der Waals surface area contributed by atoms with Gasteiger partial charge in [-0.2, -0.15) is 0 Å². The highest BCUT2D eigenvalue weighted by molar-refractivity contribution is 9.10. The molecule has 0 amide bonds. The van der Waals surface area contributed by atoms with E-state index in [0.717, 1.165) is 12.1 Å². The number of benzene rings is 3. The van der Waals surface area contributed by atoms with Crippen molar-refractivity contribution in [3.63, 3.8) is 0 Å². The molecule has 0 aliphatic heterocycles. The second-order valence-electron chi connectivity index (χ2n) is 5.78. The van der Waals surface area contributed by atoms with Crippen LogP contribution in [0, 0.1) is 46.5 Å². The summed E-state index contributed by atoms with van der Waals surface area (Å²) in [5, 5.41) is 0. The molecule has 0 aliphatic rings. The minimum Gasteiger partial charge on any atom is -0.203 e. The van der Waals surface area contributed by atoms with Crippen LogP contribution in [0.3, 0.4) is 0 Å². The molecule has 0 saturated carbocycles. The Balaban J connectivity index is 2.37. The van der Waals surface area contributed by atoms with Crippen LogP contribution in [0.25, 0.3) is 28.3 Å². The molecule has 9 heteroatoms. The Kier molecular flexibility index (Phi) is 5.53. The first-order valence-electron chi connectivity index (χ1n) is 7.72. The molecule has 0 fully saturated rings. The molecule has 0 bridgehead atoms. The number of halogens is 9. The van der Waals surface area contributed by atoms with E-state index in [-0.39, 0.29) is 5.56 Å². The van der Waals surface area contributed by atoms with E-state index in [0.29, 0.717) is 5.56 Å². The summed E-state index contributed by atoms with van der Waals surface area (Å²) in [5.74, 6) is -16.9. The quantitative estimate of drug-likeness (QED) is 0.207. The predicted octanol–water partition coefficient (Wildman–Crippen LogP) is 7.54. The zero-order chi connectivity index (χ0) is 21.6. The highest BCUT2D eigenvalue weighted by atomic mass is 79.9. The van der Waals surface area contributed by atoms with Gasteiger partial charge in [0.1, 0.15) is 0 Å². The third-order valence-electron chi connectivity index (χ3n) is 4.16. The van der Waals surface area contributed by atoms with Crippen molar-refractivity contribution < 1.29 is 35.1 Å². The van der Waals surface area contributed by atoms with Gasteiger partial charge in [0.2, 0.25) is 0 Å². The second-order valence-corrected chi connectivity index (χ2v) is 6.57. The molecule has 3 rings (SSSR count). The summed E-state index contributed by atoms with van der Waals surface area (Å²) in [6.07, 6.45) is 1.41. The Labute approximate surface area is 167 Å². The van der Waals surface area contributed by atoms with Crippen molar-refractivity contribution in [1.29, 1.82) is 0 Å². The van der Waals surface area contributed by atoms with E-state index in [9.17, 15) is 35.1 Å². The summed E-state index contributed by atoms with van der Waals surface area (Å²) >= 11 is 2.23. The van der Waals surface area contributed by atoms with Crippen LogP contribution >= 0.6 is 15.9 Å². The molecule has 0 heterocycles. The van der Waals surface area contributed by atoms with Gasteiger partial charge in [-0.15, -0.1) is 0 Å². The molecular formula is C20H7BrF8. The van der Waals surface area contributed by atoms with Crippen molar-refractivity contribution in [3.05, 3.63) is 87.4 Å². The van der Waals surface area contributed by atoms with E-state index in [1.54, 1.807) is 0 Å². The Morgan fingerprint density at radius 2 is 0.897 bits per heavy atom. The molecule has 0 aromatic heterocycles. The number of hydrogen-bond donors (Lipinski definition) is 0. The highest BCUT2D eigenvalue weighted by Gasteiger charge is 2.33. The molecule has 0 N–H and O–H groups in total. The van der Waals surface area contributed by atoms with Crippen LogP contribution in [0.15, 0.2) is 35.3 Å². The van der Waals surface area contributed by atoms with Crippen LogP contribution in [0.2, 0.25) is 0 Å². The first-order chi connectivity index (χ1) is 13.6. The standard InChI is InChI=1S/C20H7BrF8/c1-2-7-3-5-8(6-4-7)9-13(22)15(24)10(16(25)14(9)23)11-17(26)19(28)12(21)20(29)18(11)27/h2-6H,1H2. The second kappa shape index (κ2) is 7.62. The molecule has 3 aromatic rings. The lowest BCUT2D eigenvalue weighted by Crippen LogP contribution is -2.08. The molecule has 0 spiro atoms. The molecule has 0 nitrogen and oxygen atoms in total. The van der Waals surface area contributed by atoms with E-state index in [1.165, 1.54) is 18.2 Å². The summed E-state index contributed by atoms with van der Waals surface area (Å²) in [6.45, 7) is 3.47. The molecule has 0 saturated heterocycles. The Morgan fingerprint density at radius 1 is 0.552 bits per heavy atom. The zero-order valence-corrected chi connectivity index (χ0v) is 15.6. The van der Waals surface area contributed by atoms with Gasteiger partial charge in [0.05, 0.1) is 21.2 Å². The number of hydrogen-bond acceptors (Lipinski definition) is 0. The van der Waals surface area contributed by atoms with Gasteiger partial charge in [-0.05, 0) is 27.1 Å². The lowest BCUT2D eigenvalue weighted by atomic mass is 9.96. The number of rotatable bonds is 3. The van der Waals surface area contributed by atoms with Crippen LogP contribution in [0.1, 0.15) is 5.56 Å². The van der Waals surface area contributed by atoms with Gasteiger partial charge in [0.25, 0.3) is 0 Å². The maximum atomic E-state index is 14.6. The highest BCUT2D eigenvalue weighted by Crippen LogP contribution is 2.41. The third-order valence-corrected chi connectivity index (χ3v) is 4.85. The van der Waals surface area contributed by atoms with Gasteiger partial charge >= 0.3 is 0 Å². The molecule has 0 aliphatic carbocycles. The first-order valence-corrected chi connectivity index (χ1v) is 8.51. The summed E-state index contributed by atoms with van der Waals surface area (Å²) in [5.41, 5.74) is -4.73. The normalized spacial score (nSPS) is 11.1. The molecule has 150 valence electrons. The first kappa shape index (κ1) is 21.0. The fourth-order valence-corrected chi connectivity index (χ4v) is 3.06. The average Bonchev–Trinajstić information content (AvgIpc) is 2.72. The van der Waals surface area contributed by atoms with Crippen molar-refractivity contribution in [2.75, 3.05) is 0 Å². The minimum atomic E-state index is -2.23. The average molecular weight is 479 g/mol. The third kappa shape index (κ3) is 3.23. The Morgan fingerprint density at radius 3 is 1.28 bits per heavy atom. The lowest BCUT2D eigenvalue weighted by molar-refractivity contribution is 0.439. The zero-order valence-electron chi connectivity index (χ0n) is 14.0. The molecule has 0 atom stereocenters. The van der Waals surface area contributed by atoms with Crippen molar-refractivity contribution in [2.45, 2.75) is 0 Å². The van der Waals surface area contributed by atoms with Gasteiger partial charge in [-0.25, -0.2) is 35.1 Å². The molecule has 0 radical (unpaired) electrons. The van der Waals surface area contributed by atoms with Gasteiger partial charge in [-0.3, -0.25) is 0 Å². The van der Waals surface area contributed by atoms with Crippen molar-refractivity contribution in [3.8, 4) is 22.3 Å². The van der Waals surface area contributed by atoms with Crippen molar-refractivity contribution in [1.82, 2.24) is 0 Å². The Bertz CT molecular complexity index is 1090. The SMILES string of the molecule is C=Cc1ccc(-c2c(F)c(F)c(-c3c(F)c(F)c(Br)c(F)c3F)c(F)c2F)cc1. The van der Waals surface area contributed by atoms with Crippen molar-refractivity contribution >= 4 is 22.0 Å². The van der Waals surface area contributed by atoms with Crippen LogP contribution in [-0.4, -0.2) is 0 Å². The smallest absolute Gasteiger partial charge is 0.176 e. The van der Waals surface area contributed by atoms with Crippen LogP contribution < -0.4 is 0 Å².